The summed E-state index contributed by atoms with van der Waals surface area (Å²) in [6.07, 6.45) is 4.93. The van der Waals surface area contributed by atoms with Crippen LogP contribution in [0.15, 0.2) is 56.8 Å². The second-order valence-corrected chi connectivity index (χ2v) is 12.2. The van der Waals surface area contributed by atoms with E-state index >= 15 is 0 Å². The molecule has 10 heteroatoms. The smallest absolute Gasteiger partial charge is 0.255 e. The zero-order chi connectivity index (χ0) is 25.9. The molecule has 0 radical (unpaired) electrons. The van der Waals surface area contributed by atoms with Crippen molar-refractivity contribution in [1.82, 2.24) is 19.3 Å². The number of carbonyl (C=O) groups is 1. The molecular formula is C26H32N4O4S2. The summed E-state index contributed by atoms with van der Waals surface area (Å²) >= 11 is 1.43. The van der Waals surface area contributed by atoms with Crippen molar-refractivity contribution in [2.24, 2.45) is 0 Å². The van der Waals surface area contributed by atoms with E-state index in [0.29, 0.717) is 30.4 Å². The topological polar surface area (TPSA) is 96.6 Å². The first-order valence-electron chi connectivity index (χ1n) is 12.1. The van der Waals surface area contributed by atoms with Crippen molar-refractivity contribution in [3.8, 4) is 11.4 Å². The van der Waals surface area contributed by atoms with Crippen molar-refractivity contribution >= 4 is 27.7 Å². The fraction of sp³-hybridized carbons (Fsp3) is 0.423. The lowest BCUT2D eigenvalue weighted by Gasteiger charge is -2.27. The molecule has 2 heterocycles. The van der Waals surface area contributed by atoms with Crippen molar-refractivity contribution < 1.29 is 17.7 Å². The summed E-state index contributed by atoms with van der Waals surface area (Å²) in [5, 5.41) is 4.02. The van der Waals surface area contributed by atoms with E-state index < -0.39 is 10.0 Å². The molecule has 2 aromatic carbocycles. The molecule has 8 nitrogen and oxygen atoms in total. The Kier molecular flexibility index (Phi) is 8.17. The van der Waals surface area contributed by atoms with Crippen LogP contribution >= 0.6 is 11.8 Å². The van der Waals surface area contributed by atoms with Gasteiger partial charge in [0.25, 0.3) is 5.91 Å². The lowest BCUT2D eigenvalue weighted by molar-refractivity contribution is 0.0720. The fourth-order valence-electron chi connectivity index (χ4n) is 4.19. The second-order valence-electron chi connectivity index (χ2n) is 9.26. The number of nitrogens with zero attached hydrogens (tertiary/aromatic N) is 4. The number of piperidine rings is 1. The van der Waals surface area contributed by atoms with Crippen LogP contribution in [-0.2, 0) is 16.6 Å². The van der Waals surface area contributed by atoms with Crippen molar-refractivity contribution in [3.63, 3.8) is 0 Å². The maximum absolute atomic E-state index is 13.4. The molecule has 0 bridgehead atoms. The third-order valence-electron chi connectivity index (χ3n) is 6.41. The minimum Gasteiger partial charge on any atom is -0.339 e. The summed E-state index contributed by atoms with van der Waals surface area (Å²) in [5.41, 5.74) is 2.43. The minimum absolute atomic E-state index is 0.0622. The Morgan fingerprint density at radius 1 is 1.11 bits per heavy atom. The average molecular weight is 529 g/mol. The van der Waals surface area contributed by atoms with E-state index in [0.717, 1.165) is 34.0 Å². The van der Waals surface area contributed by atoms with E-state index in [-0.39, 0.29) is 23.2 Å². The molecule has 1 aromatic heterocycles. The van der Waals surface area contributed by atoms with Crippen molar-refractivity contribution in [1.29, 1.82) is 0 Å². The molecule has 1 amide bonds. The summed E-state index contributed by atoms with van der Waals surface area (Å²) in [6, 6.07) is 12.6. The molecular weight excluding hydrogens is 496 g/mol. The van der Waals surface area contributed by atoms with Crippen molar-refractivity contribution in [2.45, 2.75) is 55.4 Å². The first kappa shape index (κ1) is 26.4. The summed E-state index contributed by atoms with van der Waals surface area (Å²) in [4.78, 5) is 20.2. The van der Waals surface area contributed by atoms with Crippen LogP contribution in [0.25, 0.3) is 11.4 Å². The molecule has 0 atom stereocenters. The molecule has 0 spiro atoms. The standard InChI is InChI=1S/C26H32N4O4S2/c1-18(2)19-8-10-20(11-9-19)25-27-24(34-28-25)17-29(3)36(32,33)21-12-13-23(35-4)22(16-21)26(31)30-14-6-5-7-15-30/h8-13,16,18H,5-7,14-15,17H2,1-4H3. The minimum atomic E-state index is -3.89. The van der Waals surface area contributed by atoms with Gasteiger partial charge in [-0.15, -0.1) is 11.8 Å². The maximum Gasteiger partial charge on any atom is 0.255 e. The number of thioether (sulfide) groups is 1. The number of hydrogen-bond donors (Lipinski definition) is 0. The molecule has 0 saturated carbocycles. The average Bonchev–Trinajstić information content (AvgIpc) is 3.36. The summed E-state index contributed by atoms with van der Waals surface area (Å²) in [6.45, 7) is 5.56. The second kappa shape index (κ2) is 11.1. The highest BCUT2D eigenvalue weighted by atomic mass is 32.2. The van der Waals surface area contributed by atoms with Crippen molar-refractivity contribution in [3.05, 3.63) is 59.5 Å². The highest BCUT2D eigenvalue weighted by Crippen LogP contribution is 2.28. The Morgan fingerprint density at radius 3 is 2.44 bits per heavy atom. The molecule has 1 aliphatic rings. The summed E-state index contributed by atoms with van der Waals surface area (Å²) in [7, 11) is -2.43. The molecule has 1 fully saturated rings. The molecule has 0 N–H and O–H groups in total. The molecule has 192 valence electrons. The molecule has 36 heavy (non-hydrogen) atoms. The first-order valence-corrected chi connectivity index (χ1v) is 14.7. The fourth-order valence-corrected chi connectivity index (χ4v) is 5.91. The SMILES string of the molecule is CSc1ccc(S(=O)(=O)N(C)Cc2nc(-c3ccc(C(C)C)cc3)no2)cc1C(=O)N1CCCCC1. The van der Waals surface area contributed by atoms with Crippen LogP contribution in [0.5, 0.6) is 0 Å². The van der Waals surface area contributed by atoms with Gasteiger partial charge in [-0.2, -0.15) is 9.29 Å². The van der Waals surface area contributed by atoms with E-state index in [1.807, 2.05) is 35.4 Å². The predicted molar refractivity (Wildman–Crippen MR) is 140 cm³/mol. The van der Waals surface area contributed by atoms with Gasteiger partial charge >= 0.3 is 0 Å². The van der Waals surface area contributed by atoms with E-state index in [1.165, 1.54) is 30.4 Å². The van der Waals surface area contributed by atoms with Crippen LogP contribution in [-0.4, -0.2) is 60.1 Å². The maximum atomic E-state index is 13.4. The molecule has 1 saturated heterocycles. The van der Waals surface area contributed by atoms with Gasteiger partial charge in [-0.3, -0.25) is 4.79 Å². The number of benzene rings is 2. The molecule has 4 rings (SSSR count). The molecule has 3 aromatic rings. The third-order valence-corrected chi connectivity index (χ3v) is 9.01. The van der Waals surface area contributed by atoms with Crippen LogP contribution in [0.1, 0.15) is 60.8 Å². The summed E-state index contributed by atoms with van der Waals surface area (Å²) in [5.74, 6) is 0.891. The van der Waals surface area contributed by atoms with Gasteiger partial charge in [-0.05, 0) is 55.2 Å². The lowest BCUT2D eigenvalue weighted by Crippen LogP contribution is -2.36. The highest BCUT2D eigenvalue weighted by Gasteiger charge is 2.27. The van der Waals surface area contributed by atoms with Gasteiger partial charge in [-0.1, -0.05) is 43.3 Å². The van der Waals surface area contributed by atoms with E-state index in [4.69, 9.17) is 4.52 Å². The normalized spacial score (nSPS) is 14.6. The van der Waals surface area contributed by atoms with Gasteiger partial charge < -0.3 is 9.42 Å². The monoisotopic (exact) mass is 528 g/mol. The zero-order valence-corrected chi connectivity index (χ0v) is 22.7. The zero-order valence-electron chi connectivity index (χ0n) is 21.1. The molecule has 0 aliphatic carbocycles. The van der Waals surface area contributed by atoms with Gasteiger partial charge in [0, 0.05) is 30.6 Å². The lowest BCUT2D eigenvalue weighted by atomic mass is 10.0. The van der Waals surface area contributed by atoms with Crippen LogP contribution in [0.4, 0.5) is 0 Å². The van der Waals surface area contributed by atoms with Crippen molar-refractivity contribution in [2.75, 3.05) is 26.4 Å². The van der Waals surface area contributed by atoms with Crippen LogP contribution < -0.4 is 0 Å². The van der Waals surface area contributed by atoms with Crippen LogP contribution in [0.2, 0.25) is 0 Å². The van der Waals surface area contributed by atoms with Gasteiger partial charge in [-0.25, -0.2) is 8.42 Å². The molecule has 1 aliphatic heterocycles. The number of likely N-dealkylation sites (tertiary alicyclic amines) is 1. The Labute approximate surface area is 217 Å². The van der Waals surface area contributed by atoms with E-state index in [1.54, 1.807) is 12.1 Å². The van der Waals surface area contributed by atoms with Crippen LogP contribution in [0.3, 0.4) is 0 Å². The van der Waals surface area contributed by atoms with Crippen LogP contribution in [0, 0.1) is 0 Å². The Hall–Kier alpha value is -2.69. The number of sulfonamides is 1. The third kappa shape index (κ3) is 5.66. The van der Waals surface area contributed by atoms with E-state index in [9.17, 15) is 13.2 Å². The number of hydrogen-bond acceptors (Lipinski definition) is 7. The van der Waals surface area contributed by atoms with Gasteiger partial charge in [0.2, 0.25) is 21.7 Å². The Balaban J connectivity index is 1.53. The number of amides is 1. The largest absolute Gasteiger partial charge is 0.339 e. The Bertz CT molecular complexity index is 1310. The predicted octanol–water partition coefficient (Wildman–Crippen LogP) is 5.03. The Morgan fingerprint density at radius 2 is 1.81 bits per heavy atom. The number of aromatic nitrogens is 2. The first-order chi connectivity index (χ1) is 17.2. The highest BCUT2D eigenvalue weighted by molar-refractivity contribution is 7.98. The quantitative estimate of drug-likeness (QED) is 0.378. The van der Waals surface area contributed by atoms with Gasteiger partial charge in [0.1, 0.15) is 0 Å². The molecule has 0 unspecified atom stereocenters. The van der Waals surface area contributed by atoms with Gasteiger partial charge in [0.15, 0.2) is 0 Å². The van der Waals surface area contributed by atoms with E-state index in [2.05, 4.69) is 24.0 Å². The van der Waals surface area contributed by atoms with Gasteiger partial charge in [0.05, 0.1) is 17.0 Å². The summed E-state index contributed by atoms with van der Waals surface area (Å²) < 4.78 is 33.2. The number of rotatable bonds is 8. The number of carbonyl (C=O) groups excluding carboxylic acids is 1.